The van der Waals surface area contributed by atoms with E-state index in [0.29, 0.717) is 25.3 Å². The van der Waals surface area contributed by atoms with E-state index in [0.717, 1.165) is 24.3 Å². The Morgan fingerprint density at radius 3 is 2.32 bits per heavy atom. The molecule has 1 fully saturated rings. The number of hydrogen-bond acceptors (Lipinski definition) is 4. The molecule has 1 amide bonds. The molecule has 0 saturated carbocycles. The summed E-state index contributed by atoms with van der Waals surface area (Å²) in [6.07, 6.45) is 0. The Morgan fingerprint density at radius 1 is 1.00 bits per heavy atom. The minimum absolute atomic E-state index is 0.0374. The highest BCUT2D eigenvalue weighted by Gasteiger charge is 2.21. The summed E-state index contributed by atoms with van der Waals surface area (Å²) in [5, 5.41) is 8.86. The summed E-state index contributed by atoms with van der Waals surface area (Å²) in [5.74, 6) is 0.0374. The van der Waals surface area contributed by atoms with Gasteiger partial charge in [0.1, 0.15) is 6.61 Å². The van der Waals surface area contributed by atoms with Crippen molar-refractivity contribution in [2.24, 2.45) is 0 Å². The van der Waals surface area contributed by atoms with E-state index < -0.39 is 0 Å². The van der Waals surface area contributed by atoms with Crippen LogP contribution >= 0.6 is 0 Å². The molecule has 3 rings (SSSR count). The third-order valence-electron chi connectivity index (χ3n) is 4.33. The summed E-state index contributed by atoms with van der Waals surface area (Å²) in [4.78, 5) is 16.3. The molecular weight excluding hydrogens is 314 g/mol. The van der Waals surface area contributed by atoms with E-state index in [9.17, 15) is 4.79 Å². The van der Waals surface area contributed by atoms with Gasteiger partial charge < -0.3 is 14.5 Å². The number of anilines is 1. The van der Waals surface area contributed by atoms with Crippen molar-refractivity contribution in [2.75, 3.05) is 37.7 Å². The van der Waals surface area contributed by atoms with Gasteiger partial charge in [0.05, 0.1) is 18.2 Å². The van der Waals surface area contributed by atoms with Gasteiger partial charge in [-0.2, -0.15) is 5.26 Å². The lowest BCUT2D eigenvalue weighted by molar-refractivity contribution is -0.136. The number of rotatable bonds is 5. The van der Waals surface area contributed by atoms with Gasteiger partial charge in [-0.25, -0.2) is 0 Å². The van der Waals surface area contributed by atoms with Gasteiger partial charge in [-0.05, 0) is 29.8 Å². The molecule has 0 bridgehead atoms. The standard InChI is InChI=1S/C20H21N3O2/c21-14-17-6-8-19(9-7-17)22-10-12-23(13-11-22)20(24)16-25-15-18-4-2-1-3-5-18/h1-9H,10-13,15-16H2. The fourth-order valence-corrected chi connectivity index (χ4v) is 2.88. The van der Waals surface area contributed by atoms with E-state index in [1.165, 1.54) is 0 Å². The molecule has 2 aromatic rings. The maximum atomic E-state index is 12.3. The van der Waals surface area contributed by atoms with Crippen LogP contribution in [0.3, 0.4) is 0 Å². The molecule has 5 nitrogen and oxygen atoms in total. The molecule has 0 radical (unpaired) electrons. The first-order valence-corrected chi connectivity index (χ1v) is 8.41. The fourth-order valence-electron chi connectivity index (χ4n) is 2.88. The van der Waals surface area contributed by atoms with Crippen LogP contribution < -0.4 is 4.90 Å². The van der Waals surface area contributed by atoms with Gasteiger partial charge in [-0.15, -0.1) is 0 Å². The maximum Gasteiger partial charge on any atom is 0.248 e. The predicted octanol–water partition coefficient (Wildman–Crippen LogP) is 2.42. The quantitative estimate of drug-likeness (QED) is 0.842. The Morgan fingerprint density at radius 2 is 1.68 bits per heavy atom. The number of carbonyl (C=O) groups excluding carboxylic acids is 1. The van der Waals surface area contributed by atoms with Gasteiger partial charge >= 0.3 is 0 Å². The molecule has 0 N–H and O–H groups in total. The summed E-state index contributed by atoms with van der Waals surface area (Å²) < 4.78 is 5.54. The molecule has 1 aliphatic rings. The van der Waals surface area contributed by atoms with Crippen LogP contribution in [0.15, 0.2) is 54.6 Å². The maximum absolute atomic E-state index is 12.3. The predicted molar refractivity (Wildman–Crippen MR) is 96.0 cm³/mol. The number of nitrogens with zero attached hydrogens (tertiary/aromatic N) is 3. The van der Waals surface area contributed by atoms with Crippen LogP contribution in [0.25, 0.3) is 0 Å². The topological polar surface area (TPSA) is 56.6 Å². The van der Waals surface area contributed by atoms with Crippen molar-refractivity contribution in [3.05, 3.63) is 65.7 Å². The van der Waals surface area contributed by atoms with Gasteiger partial charge in [-0.1, -0.05) is 30.3 Å². The van der Waals surface area contributed by atoms with E-state index in [1.807, 2.05) is 59.5 Å². The van der Waals surface area contributed by atoms with E-state index >= 15 is 0 Å². The molecule has 0 unspecified atom stereocenters. The second kappa shape index (κ2) is 8.32. The molecule has 0 atom stereocenters. The third kappa shape index (κ3) is 4.59. The molecule has 1 heterocycles. The zero-order chi connectivity index (χ0) is 17.5. The number of nitriles is 1. The Labute approximate surface area is 148 Å². The van der Waals surface area contributed by atoms with Gasteiger partial charge in [0.25, 0.3) is 0 Å². The zero-order valence-corrected chi connectivity index (χ0v) is 14.1. The normalized spacial score (nSPS) is 14.2. The molecule has 0 aromatic heterocycles. The molecule has 128 valence electrons. The molecule has 0 spiro atoms. The fraction of sp³-hybridized carbons (Fsp3) is 0.300. The summed E-state index contributed by atoms with van der Waals surface area (Å²) >= 11 is 0. The Bertz CT molecular complexity index is 730. The Hall–Kier alpha value is -2.84. The minimum Gasteiger partial charge on any atom is -0.368 e. The highest BCUT2D eigenvalue weighted by Crippen LogP contribution is 2.17. The molecule has 2 aromatic carbocycles. The monoisotopic (exact) mass is 335 g/mol. The zero-order valence-electron chi connectivity index (χ0n) is 14.1. The molecule has 0 aliphatic carbocycles. The van der Waals surface area contributed by atoms with E-state index in [1.54, 1.807) is 0 Å². The number of ether oxygens (including phenoxy) is 1. The summed E-state index contributed by atoms with van der Waals surface area (Å²) in [5.41, 5.74) is 2.82. The van der Waals surface area contributed by atoms with Crippen molar-refractivity contribution in [2.45, 2.75) is 6.61 Å². The highest BCUT2D eigenvalue weighted by atomic mass is 16.5. The second-order valence-electron chi connectivity index (χ2n) is 6.00. The van der Waals surface area contributed by atoms with Crippen LogP contribution in [0.4, 0.5) is 5.69 Å². The highest BCUT2D eigenvalue weighted by molar-refractivity contribution is 5.77. The summed E-state index contributed by atoms with van der Waals surface area (Å²) in [6, 6.07) is 19.5. The van der Waals surface area contributed by atoms with E-state index in [-0.39, 0.29) is 12.5 Å². The van der Waals surface area contributed by atoms with Gasteiger partial charge in [0, 0.05) is 31.9 Å². The number of hydrogen-bond donors (Lipinski definition) is 0. The van der Waals surface area contributed by atoms with Crippen molar-refractivity contribution >= 4 is 11.6 Å². The smallest absolute Gasteiger partial charge is 0.248 e. The molecule has 1 saturated heterocycles. The molecule has 1 aliphatic heterocycles. The van der Waals surface area contributed by atoms with Crippen LogP contribution in [0.1, 0.15) is 11.1 Å². The third-order valence-corrected chi connectivity index (χ3v) is 4.33. The lowest BCUT2D eigenvalue weighted by Crippen LogP contribution is -2.49. The first kappa shape index (κ1) is 17.0. The summed E-state index contributed by atoms with van der Waals surface area (Å²) in [6.45, 7) is 3.53. The lowest BCUT2D eigenvalue weighted by Gasteiger charge is -2.36. The lowest BCUT2D eigenvalue weighted by atomic mass is 10.2. The van der Waals surface area contributed by atoms with Crippen molar-refractivity contribution < 1.29 is 9.53 Å². The van der Waals surface area contributed by atoms with Gasteiger partial charge in [0.15, 0.2) is 0 Å². The molecule has 5 heteroatoms. The minimum atomic E-state index is 0.0374. The van der Waals surface area contributed by atoms with Crippen molar-refractivity contribution in [3.8, 4) is 6.07 Å². The van der Waals surface area contributed by atoms with Crippen LogP contribution in [-0.4, -0.2) is 43.6 Å². The van der Waals surface area contributed by atoms with Crippen molar-refractivity contribution in [1.82, 2.24) is 4.90 Å². The first-order valence-electron chi connectivity index (χ1n) is 8.41. The van der Waals surface area contributed by atoms with Gasteiger partial charge in [-0.3, -0.25) is 4.79 Å². The number of carbonyl (C=O) groups is 1. The molecular formula is C20H21N3O2. The molecule has 25 heavy (non-hydrogen) atoms. The summed E-state index contributed by atoms with van der Waals surface area (Å²) in [7, 11) is 0. The van der Waals surface area contributed by atoms with Crippen LogP contribution in [0.2, 0.25) is 0 Å². The van der Waals surface area contributed by atoms with E-state index in [2.05, 4.69) is 11.0 Å². The Kier molecular flexibility index (Phi) is 5.65. The average molecular weight is 335 g/mol. The largest absolute Gasteiger partial charge is 0.368 e. The Balaban J connectivity index is 1.43. The first-order chi connectivity index (χ1) is 12.3. The number of piperazine rings is 1. The van der Waals surface area contributed by atoms with E-state index in [4.69, 9.17) is 10.00 Å². The van der Waals surface area contributed by atoms with Crippen molar-refractivity contribution in [1.29, 1.82) is 5.26 Å². The van der Waals surface area contributed by atoms with Crippen LogP contribution in [-0.2, 0) is 16.1 Å². The van der Waals surface area contributed by atoms with Gasteiger partial charge in [0.2, 0.25) is 5.91 Å². The number of amides is 1. The SMILES string of the molecule is N#Cc1ccc(N2CCN(C(=O)COCc3ccccc3)CC2)cc1. The number of benzene rings is 2. The van der Waals surface area contributed by atoms with Crippen molar-refractivity contribution in [3.63, 3.8) is 0 Å². The second-order valence-corrected chi connectivity index (χ2v) is 6.00. The van der Waals surface area contributed by atoms with Crippen LogP contribution in [0, 0.1) is 11.3 Å². The van der Waals surface area contributed by atoms with Crippen LogP contribution in [0.5, 0.6) is 0 Å². The average Bonchev–Trinajstić information content (AvgIpc) is 2.69.